The lowest BCUT2D eigenvalue weighted by Gasteiger charge is -2.29. The Morgan fingerprint density at radius 3 is 2.62 bits per heavy atom. The molecule has 1 aromatic rings. The van der Waals surface area contributed by atoms with Gasteiger partial charge in [-0.15, -0.1) is 0 Å². The van der Waals surface area contributed by atoms with Gasteiger partial charge in [-0.3, -0.25) is 4.90 Å². The molecule has 0 spiro atoms. The van der Waals surface area contributed by atoms with Gasteiger partial charge in [0.1, 0.15) is 10.7 Å². The lowest BCUT2D eigenvalue weighted by atomic mass is 10.1. The maximum Gasteiger partial charge on any atom is 0.123 e. The predicted molar refractivity (Wildman–Crippen MR) is 90.9 cm³/mol. The molecule has 0 aliphatic rings. The number of benzene rings is 1. The van der Waals surface area contributed by atoms with Crippen molar-refractivity contribution in [1.82, 2.24) is 4.90 Å². The highest BCUT2D eigenvalue weighted by atomic mass is 32.1. The van der Waals surface area contributed by atoms with Crippen molar-refractivity contribution < 1.29 is 9.47 Å². The Hall–Kier alpha value is -1.17. The third-order valence-electron chi connectivity index (χ3n) is 3.74. The highest BCUT2D eigenvalue weighted by molar-refractivity contribution is 7.80. The smallest absolute Gasteiger partial charge is 0.123 e. The van der Waals surface area contributed by atoms with E-state index in [4.69, 9.17) is 27.4 Å². The molecule has 1 atom stereocenters. The van der Waals surface area contributed by atoms with Crippen LogP contribution in [0.4, 0.5) is 0 Å². The van der Waals surface area contributed by atoms with Crippen LogP contribution in [0.2, 0.25) is 0 Å². The fraction of sp³-hybridized carbons (Fsp3) is 0.562. The van der Waals surface area contributed by atoms with E-state index in [0.29, 0.717) is 17.6 Å². The molecular weight excluding hydrogens is 284 g/mol. The van der Waals surface area contributed by atoms with E-state index in [1.54, 1.807) is 14.2 Å². The average Bonchev–Trinajstić information content (AvgIpc) is 2.50. The molecule has 0 aliphatic carbocycles. The van der Waals surface area contributed by atoms with Crippen molar-refractivity contribution in [2.24, 2.45) is 5.73 Å². The average molecular weight is 310 g/mol. The Bertz CT molecular complexity index is 466. The van der Waals surface area contributed by atoms with Crippen molar-refractivity contribution in [2.75, 3.05) is 27.4 Å². The van der Waals surface area contributed by atoms with Gasteiger partial charge in [0.05, 0.1) is 13.7 Å². The number of methoxy groups -OCH3 is 2. The zero-order chi connectivity index (χ0) is 15.8. The molecule has 1 unspecified atom stereocenters. The molecule has 2 N–H and O–H groups in total. The van der Waals surface area contributed by atoms with Gasteiger partial charge in [-0.05, 0) is 31.5 Å². The Kier molecular flexibility index (Phi) is 7.64. The first-order valence-electron chi connectivity index (χ1n) is 7.23. The molecule has 4 nitrogen and oxygen atoms in total. The molecule has 118 valence electrons. The van der Waals surface area contributed by atoms with E-state index >= 15 is 0 Å². The lowest BCUT2D eigenvalue weighted by molar-refractivity contribution is 0.117. The van der Waals surface area contributed by atoms with Gasteiger partial charge >= 0.3 is 0 Å². The minimum atomic E-state index is 0.408. The zero-order valence-corrected chi connectivity index (χ0v) is 14.2. The molecule has 1 aromatic carbocycles. The maximum atomic E-state index is 5.73. The Morgan fingerprint density at radius 1 is 1.38 bits per heavy atom. The quantitative estimate of drug-likeness (QED) is 0.710. The van der Waals surface area contributed by atoms with Gasteiger partial charge in [-0.2, -0.15) is 0 Å². The molecular formula is C16H26N2O2S. The normalized spacial score (nSPS) is 12.4. The van der Waals surface area contributed by atoms with Gasteiger partial charge in [-0.25, -0.2) is 0 Å². The van der Waals surface area contributed by atoms with Gasteiger partial charge < -0.3 is 15.2 Å². The number of thiocarbonyl (C=S) groups is 1. The highest BCUT2D eigenvalue weighted by Crippen LogP contribution is 2.23. The van der Waals surface area contributed by atoms with Crippen LogP contribution in [-0.2, 0) is 11.3 Å². The lowest BCUT2D eigenvalue weighted by Crippen LogP contribution is -2.35. The molecule has 0 aromatic heterocycles. The summed E-state index contributed by atoms with van der Waals surface area (Å²) in [6.45, 7) is 6.79. The first-order chi connectivity index (χ1) is 10.0. The molecule has 21 heavy (non-hydrogen) atoms. The van der Waals surface area contributed by atoms with Crippen molar-refractivity contribution in [3.05, 3.63) is 29.3 Å². The van der Waals surface area contributed by atoms with Crippen LogP contribution in [0, 0.1) is 0 Å². The number of nitrogens with two attached hydrogens (primary N) is 1. The second kappa shape index (κ2) is 8.97. The number of hydrogen-bond donors (Lipinski definition) is 1. The SMILES string of the molecule is CCC(C)N(CCOC)Cc1cc(C(N)=S)ccc1OC. The van der Waals surface area contributed by atoms with E-state index in [2.05, 4.69) is 18.7 Å². The number of hydrogen-bond acceptors (Lipinski definition) is 4. The van der Waals surface area contributed by atoms with Crippen molar-refractivity contribution >= 4 is 17.2 Å². The first kappa shape index (κ1) is 17.9. The van der Waals surface area contributed by atoms with Crippen LogP contribution in [0.3, 0.4) is 0 Å². The third kappa shape index (κ3) is 5.26. The minimum Gasteiger partial charge on any atom is -0.496 e. The number of ether oxygens (including phenoxy) is 2. The van der Waals surface area contributed by atoms with Gasteiger partial charge in [0.2, 0.25) is 0 Å². The van der Waals surface area contributed by atoms with Gasteiger partial charge in [0, 0.05) is 37.4 Å². The van der Waals surface area contributed by atoms with E-state index in [1.807, 2.05) is 18.2 Å². The van der Waals surface area contributed by atoms with Crippen LogP contribution in [0.1, 0.15) is 31.4 Å². The Labute approximate surface area is 133 Å². The van der Waals surface area contributed by atoms with Crippen molar-refractivity contribution in [3.63, 3.8) is 0 Å². The summed E-state index contributed by atoms with van der Waals surface area (Å²) in [4.78, 5) is 2.79. The molecule has 0 amide bonds. The molecule has 0 saturated heterocycles. The predicted octanol–water partition coefficient (Wildman–Crippen LogP) is 2.58. The van der Waals surface area contributed by atoms with Gasteiger partial charge in [0.15, 0.2) is 0 Å². The molecule has 0 saturated carbocycles. The second-order valence-corrected chi connectivity index (χ2v) is 5.55. The van der Waals surface area contributed by atoms with E-state index in [1.165, 1.54) is 0 Å². The van der Waals surface area contributed by atoms with E-state index < -0.39 is 0 Å². The van der Waals surface area contributed by atoms with Crippen LogP contribution < -0.4 is 10.5 Å². The largest absolute Gasteiger partial charge is 0.496 e. The summed E-state index contributed by atoms with van der Waals surface area (Å²) < 4.78 is 10.7. The number of rotatable bonds is 9. The van der Waals surface area contributed by atoms with Crippen molar-refractivity contribution in [3.8, 4) is 5.75 Å². The topological polar surface area (TPSA) is 47.7 Å². The van der Waals surface area contributed by atoms with Crippen molar-refractivity contribution in [1.29, 1.82) is 0 Å². The van der Waals surface area contributed by atoms with Crippen molar-refractivity contribution in [2.45, 2.75) is 32.9 Å². The molecule has 0 fully saturated rings. The van der Waals surface area contributed by atoms with Crippen LogP contribution in [-0.4, -0.2) is 43.3 Å². The Morgan fingerprint density at radius 2 is 2.10 bits per heavy atom. The fourth-order valence-electron chi connectivity index (χ4n) is 2.20. The van der Waals surface area contributed by atoms with E-state index in [0.717, 1.165) is 36.4 Å². The first-order valence-corrected chi connectivity index (χ1v) is 7.64. The monoisotopic (exact) mass is 310 g/mol. The summed E-state index contributed by atoms with van der Waals surface area (Å²) in [5.74, 6) is 0.862. The standard InChI is InChI=1S/C16H26N2O2S/c1-5-12(2)18(8-9-19-3)11-14-10-13(16(17)21)6-7-15(14)20-4/h6-7,10,12H,5,8-9,11H2,1-4H3,(H2,17,21). The summed E-state index contributed by atoms with van der Waals surface area (Å²) in [5, 5.41) is 0. The molecule has 5 heteroatoms. The highest BCUT2D eigenvalue weighted by Gasteiger charge is 2.15. The summed E-state index contributed by atoms with van der Waals surface area (Å²) in [5.41, 5.74) is 7.70. The fourth-order valence-corrected chi connectivity index (χ4v) is 2.32. The Balaban J connectivity index is 2.99. The minimum absolute atomic E-state index is 0.408. The number of nitrogens with zero attached hydrogens (tertiary/aromatic N) is 1. The molecule has 1 rings (SSSR count). The van der Waals surface area contributed by atoms with Crippen LogP contribution in [0.5, 0.6) is 5.75 Å². The van der Waals surface area contributed by atoms with Crippen LogP contribution in [0.15, 0.2) is 18.2 Å². The zero-order valence-electron chi connectivity index (χ0n) is 13.4. The molecule has 0 aliphatic heterocycles. The molecule has 0 radical (unpaired) electrons. The summed E-state index contributed by atoms with van der Waals surface area (Å²) in [7, 11) is 3.41. The molecule has 0 heterocycles. The van der Waals surface area contributed by atoms with Gasteiger partial charge in [0.25, 0.3) is 0 Å². The summed E-state index contributed by atoms with van der Waals surface area (Å²) in [6.07, 6.45) is 1.08. The summed E-state index contributed by atoms with van der Waals surface area (Å²) in [6, 6.07) is 6.31. The third-order valence-corrected chi connectivity index (χ3v) is 3.97. The second-order valence-electron chi connectivity index (χ2n) is 5.11. The van der Waals surface area contributed by atoms with Crippen LogP contribution in [0.25, 0.3) is 0 Å². The maximum absolute atomic E-state index is 5.73. The summed E-state index contributed by atoms with van der Waals surface area (Å²) >= 11 is 5.06. The van der Waals surface area contributed by atoms with Gasteiger partial charge in [-0.1, -0.05) is 19.1 Å². The molecule has 0 bridgehead atoms. The van der Waals surface area contributed by atoms with E-state index in [-0.39, 0.29) is 0 Å². The van der Waals surface area contributed by atoms with E-state index in [9.17, 15) is 0 Å². The van der Waals surface area contributed by atoms with Crippen LogP contribution >= 0.6 is 12.2 Å².